The molecule has 1 aliphatic rings. The first kappa shape index (κ1) is 11.1. The summed E-state index contributed by atoms with van der Waals surface area (Å²) in [6, 6.07) is 8.32. The Morgan fingerprint density at radius 3 is 2.75 bits per heavy atom. The number of rotatable bonds is 2. The molecule has 0 radical (unpaired) electrons. The highest BCUT2D eigenvalue weighted by Gasteiger charge is 2.24. The maximum Gasteiger partial charge on any atom is 0.239 e. The lowest BCUT2D eigenvalue weighted by atomic mass is 10.1. The van der Waals surface area contributed by atoms with Crippen LogP contribution in [0.3, 0.4) is 0 Å². The van der Waals surface area contributed by atoms with Crippen molar-refractivity contribution in [1.82, 2.24) is 10.2 Å². The molecule has 1 saturated heterocycles. The van der Waals surface area contributed by atoms with E-state index in [1.54, 1.807) is 0 Å². The largest absolute Gasteiger partial charge is 0.336 e. The molecule has 1 amide bonds. The van der Waals surface area contributed by atoms with Gasteiger partial charge < -0.3 is 10.2 Å². The predicted octanol–water partition coefficient (Wildman–Crippen LogP) is 1.32. The number of amides is 1. The van der Waals surface area contributed by atoms with Crippen LogP contribution in [0.25, 0.3) is 0 Å². The topological polar surface area (TPSA) is 32.3 Å². The van der Waals surface area contributed by atoms with Crippen LogP contribution < -0.4 is 5.32 Å². The molecule has 0 unspecified atom stereocenters. The van der Waals surface area contributed by atoms with Crippen molar-refractivity contribution in [2.75, 3.05) is 13.1 Å². The molecule has 1 atom stereocenters. The van der Waals surface area contributed by atoms with Crippen LogP contribution >= 0.6 is 0 Å². The van der Waals surface area contributed by atoms with Gasteiger partial charge in [0.25, 0.3) is 0 Å². The Kier molecular flexibility index (Phi) is 3.25. The number of hydrogen-bond acceptors (Lipinski definition) is 2. The highest BCUT2D eigenvalue weighted by atomic mass is 16.2. The SMILES string of the molecule is Cc1ccc(CN2CCN[C@@H](C)C2=O)cc1. The Hall–Kier alpha value is -1.35. The first-order valence-electron chi connectivity index (χ1n) is 5.74. The fourth-order valence-corrected chi connectivity index (χ4v) is 1.96. The zero-order valence-electron chi connectivity index (χ0n) is 9.86. The van der Waals surface area contributed by atoms with Crippen LogP contribution in [0.4, 0.5) is 0 Å². The molecule has 0 aliphatic carbocycles. The Bertz CT molecular complexity index is 372. The zero-order valence-corrected chi connectivity index (χ0v) is 9.86. The van der Waals surface area contributed by atoms with Crippen LogP contribution in [0, 0.1) is 6.92 Å². The molecule has 0 spiro atoms. The molecule has 3 heteroatoms. The molecule has 0 saturated carbocycles. The average Bonchev–Trinajstić information content (AvgIpc) is 2.28. The third-order valence-electron chi connectivity index (χ3n) is 3.01. The second kappa shape index (κ2) is 4.66. The van der Waals surface area contributed by atoms with E-state index in [0.717, 1.165) is 19.6 Å². The van der Waals surface area contributed by atoms with Crippen molar-refractivity contribution in [1.29, 1.82) is 0 Å². The van der Waals surface area contributed by atoms with Gasteiger partial charge in [0.15, 0.2) is 0 Å². The predicted molar refractivity (Wildman–Crippen MR) is 64.1 cm³/mol. The smallest absolute Gasteiger partial charge is 0.239 e. The molecular weight excluding hydrogens is 200 g/mol. The van der Waals surface area contributed by atoms with E-state index in [1.807, 2.05) is 11.8 Å². The lowest BCUT2D eigenvalue weighted by Crippen LogP contribution is -2.53. The Morgan fingerprint density at radius 1 is 1.38 bits per heavy atom. The third kappa shape index (κ3) is 2.42. The Labute approximate surface area is 96.5 Å². The molecule has 1 aromatic carbocycles. The van der Waals surface area contributed by atoms with E-state index >= 15 is 0 Å². The highest BCUT2D eigenvalue weighted by molar-refractivity contribution is 5.82. The highest BCUT2D eigenvalue weighted by Crippen LogP contribution is 2.09. The van der Waals surface area contributed by atoms with Gasteiger partial charge in [-0.2, -0.15) is 0 Å². The van der Waals surface area contributed by atoms with Crippen LogP contribution in [0.5, 0.6) is 0 Å². The first-order chi connectivity index (χ1) is 7.66. The molecule has 3 nitrogen and oxygen atoms in total. The maximum atomic E-state index is 11.9. The van der Waals surface area contributed by atoms with Crippen LogP contribution in [-0.4, -0.2) is 29.9 Å². The van der Waals surface area contributed by atoms with Gasteiger partial charge >= 0.3 is 0 Å². The van der Waals surface area contributed by atoms with Gasteiger partial charge in [-0.25, -0.2) is 0 Å². The van der Waals surface area contributed by atoms with Gasteiger partial charge in [-0.05, 0) is 19.4 Å². The fourth-order valence-electron chi connectivity index (χ4n) is 1.96. The normalized spacial score (nSPS) is 21.2. The minimum atomic E-state index is -0.0424. The van der Waals surface area contributed by atoms with E-state index in [-0.39, 0.29) is 11.9 Å². The van der Waals surface area contributed by atoms with Gasteiger partial charge in [-0.3, -0.25) is 4.79 Å². The van der Waals surface area contributed by atoms with Crippen LogP contribution in [0.2, 0.25) is 0 Å². The third-order valence-corrected chi connectivity index (χ3v) is 3.01. The van der Waals surface area contributed by atoms with Gasteiger partial charge in [0.1, 0.15) is 0 Å². The summed E-state index contributed by atoms with van der Waals surface area (Å²) in [4.78, 5) is 13.8. The maximum absolute atomic E-state index is 11.9. The summed E-state index contributed by atoms with van der Waals surface area (Å²) in [7, 11) is 0. The van der Waals surface area contributed by atoms with E-state index in [1.165, 1.54) is 11.1 Å². The molecule has 0 aromatic heterocycles. The zero-order chi connectivity index (χ0) is 11.5. The van der Waals surface area contributed by atoms with Gasteiger partial charge in [0.2, 0.25) is 5.91 Å². The number of nitrogens with one attached hydrogen (secondary N) is 1. The second-order valence-corrected chi connectivity index (χ2v) is 4.42. The van der Waals surface area contributed by atoms with Crippen LogP contribution in [-0.2, 0) is 11.3 Å². The first-order valence-corrected chi connectivity index (χ1v) is 5.74. The summed E-state index contributed by atoms with van der Waals surface area (Å²) in [5.74, 6) is 0.201. The van der Waals surface area contributed by atoms with Crippen molar-refractivity contribution in [2.45, 2.75) is 26.4 Å². The second-order valence-electron chi connectivity index (χ2n) is 4.42. The summed E-state index contributed by atoms with van der Waals surface area (Å²) in [6.45, 7) is 6.41. The molecular formula is C13H18N2O. The number of benzene rings is 1. The molecule has 1 heterocycles. The quantitative estimate of drug-likeness (QED) is 0.812. The van der Waals surface area contributed by atoms with Crippen molar-refractivity contribution in [2.24, 2.45) is 0 Å². The molecule has 1 aromatic rings. The van der Waals surface area contributed by atoms with Crippen molar-refractivity contribution >= 4 is 5.91 Å². The molecule has 16 heavy (non-hydrogen) atoms. The van der Waals surface area contributed by atoms with Gasteiger partial charge in [0, 0.05) is 19.6 Å². The number of carbonyl (C=O) groups is 1. The molecule has 1 N–H and O–H groups in total. The number of nitrogens with zero attached hydrogens (tertiary/aromatic N) is 1. The Morgan fingerprint density at radius 2 is 2.06 bits per heavy atom. The van der Waals surface area contributed by atoms with Crippen molar-refractivity contribution < 1.29 is 4.79 Å². The van der Waals surface area contributed by atoms with Crippen molar-refractivity contribution in [3.63, 3.8) is 0 Å². The lowest BCUT2D eigenvalue weighted by molar-refractivity contribution is -0.135. The van der Waals surface area contributed by atoms with E-state index in [0.29, 0.717) is 0 Å². The molecule has 1 aliphatic heterocycles. The van der Waals surface area contributed by atoms with Crippen LogP contribution in [0.15, 0.2) is 24.3 Å². The minimum Gasteiger partial charge on any atom is -0.336 e. The molecule has 1 fully saturated rings. The number of hydrogen-bond donors (Lipinski definition) is 1. The average molecular weight is 218 g/mol. The number of carbonyl (C=O) groups excluding carboxylic acids is 1. The summed E-state index contributed by atoms with van der Waals surface area (Å²) in [5.41, 5.74) is 2.46. The summed E-state index contributed by atoms with van der Waals surface area (Å²) >= 11 is 0. The van der Waals surface area contributed by atoms with Crippen molar-refractivity contribution in [3.05, 3.63) is 35.4 Å². The molecule has 86 valence electrons. The lowest BCUT2D eigenvalue weighted by Gasteiger charge is -2.31. The molecule has 2 rings (SSSR count). The van der Waals surface area contributed by atoms with E-state index in [4.69, 9.17) is 0 Å². The van der Waals surface area contributed by atoms with E-state index in [2.05, 4.69) is 36.5 Å². The standard InChI is InChI=1S/C13H18N2O/c1-10-3-5-12(6-4-10)9-15-8-7-14-11(2)13(15)16/h3-6,11,14H,7-9H2,1-2H3/t11-/m0/s1. The number of piperazine rings is 1. The van der Waals surface area contributed by atoms with Gasteiger partial charge in [0.05, 0.1) is 6.04 Å². The van der Waals surface area contributed by atoms with E-state index in [9.17, 15) is 4.79 Å². The molecule has 0 bridgehead atoms. The van der Waals surface area contributed by atoms with E-state index < -0.39 is 0 Å². The monoisotopic (exact) mass is 218 g/mol. The fraction of sp³-hybridized carbons (Fsp3) is 0.462. The van der Waals surface area contributed by atoms with Crippen molar-refractivity contribution in [3.8, 4) is 0 Å². The minimum absolute atomic E-state index is 0.0424. The Balaban J connectivity index is 2.03. The summed E-state index contributed by atoms with van der Waals surface area (Å²) < 4.78 is 0. The number of aryl methyl sites for hydroxylation is 1. The van der Waals surface area contributed by atoms with Crippen LogP contribution in [0.1, 0.15) is 18.1 Å². The summed E-state index contributed by atoms with van der Waals surface area (Å²) in [6.07, 6.45) is 0. The van der Waals surface area contributed by atoms with Gasteiger partial charge in [-0.1, -0.05) is 29.8 Å². The van der Waals surface area contributed by atoms with Gasteiger partial charge in [-0.15, -0.1) is 0 Å². The summed E-state index contributed by atoms with van der Waals surface area (Å²) in [5, 5.41) is 3.17.